The predicted octanol–water partition coefficient (Wildman–Crippen LogP) is 2.61. The summed E-state index contributed by atoms with van der Waals surface area (Å²) < 4.78 is 0. The van der Waals surface area contributed by atoms with E-state index in [-0.39, 0.29) is 0 Å². The number of pyridine rings is 1. The summed E-state index contributed by atoms with van der Waals surface area (Å²) in [6.45, 7) is 7.31. The van der Waals surface area contributed by atoms with E-state index in [9.17, 15) is 0 Å². The number of nitrogens with zero attached hydrogens (tertiary/aromatic N) is 2. The molecule has 0 spiro atoms. The van der Waals surface area contributed by atoms with Gasteiger partial charge in [0.15, 0.2) is 5.17 Å². The Kier molecular flexibility index (Phi) is 4.05. The molecule has 0 saturated carbocycles. The molecule has 92 valence electrons. The van der Waals surface area contributed by atoms with Crippen LogP contribution in [0.15, 0.2) is 23.5 Å². The zero-order chi connectivity index (χ0) is 12.3. The van der Waals surface area contributed by atoms with Gasteiger partial charge in [0.2, 0.25) is 0 Å². The SMILES string of the molecule is Cc1cnccc1CN=C1NC(C)C(C)CS1. The van der Waals surface area contributed by atoms with Crippen molar-refractivity contribution in [3.05, 3.63) is 29.6 Å². The lowest BCUT2D eigenvalue weighted by Gasteiger charge is -2.28. The predicted molar refractivity (Wildman–Crippen MR) is 74.3 cm³/mol. The summed E-state index contributed by atoms with van der Waals surface area (Å²) in [4.78, 5) is 8.73. The monoisotopic (exact) mass is 249 g/mol. The molecule has 0 aliphatic carbocycles. The van der Waals surface area contributed by atoms with Gasteiger partial charge in [0.1, 0.15) is 0 Å². The molecule has 0 aromatic carbocycles. The number of rotatable bonds is 2. The average Bonchev–Trinajstić information content (AvgIpc) is 2.32. The Balaban J connectivity index is 2.00. The highest BCUT2D eigenvalue weighted by Crippen LogP contribution is 2.20. The number of hydrogen-bond acceptors (Lipinski definition) is 3. The minimum Gasteiger partial charge on any atom is -0.362 e. The smallest absolute Gasteiger partial charge is 0.157 e. The van der Waals surface area contributed by atoms with Crippen LogP contribution in [-0.4, -0.2) is 21.9 Å². The Labute approximate surface area is 107 Å². The Hall–Kier alpha value is -1.03. The number of hydrogen-bond donors (Lipinski definition) is 1. The average molecular weight is 249 g/mol. The fourth-order valence-corrected chi connectivity index (χ4v) is 2.80. The van der Waals surface area contributed by atoms with Crippen LogP contribution in [0.4, 0.5) is 0 Å². The number of thioether (sulfide) groups is 1. The van der Waals surface area contributed by atoms with Crippen LogP contribution in [0.25, 0.3) is 0 Å². The van der Waals surface area contributed by atoms with Gasteiger partial charge < -0.3 is 5.32 Å². The number of aryl methyl sites for hydroxylation is 1. The topological polar surface area (TPSA) is 37.3 Å². The highest BCUT2D eigenvalue weighted by molar-refractivity contribution is 8.13. The number of aliphatic imine (C=N–C) groups is 1. The summed E-state index contributed by atoms with van der Waals surface area (Å²) in [7, 11) is 0. The van der Waals surface area contributed by atoms with Crippen LogP contribution in [-0.2, 0) is 6.54 Å². The molecule has 1 aromatic rings. The van der Waals surface area contributed by atoms with E-state index >= 15 is 0 Å². The van der Waals surface area contributed by atoms with Crippen molar-refractivity contribution in [1.82, 2.24) is 10.3 Å². The lowest BCUT2D eigenvalue weighted by atomic mass is 10.1. The maximum Gasteiger partial charge on any atom is 0.157 e. The van der Waals surface area contributed by atoms with E-state index in [1.54, 1.807) is 0 Å². The molecule has 17 heavy (non-hydrogen) atoms. The Bertz CT molecular complexity index is 417. The van der Waals surface area contributed by atoms with Crippen molar-refractivity contribution >= 4 is 16.9 Å². The standard InChI is InChI=1S/C13H19N3S/c1-9-6-14-5-4-12(9)7-15-13-16-11(3)10(2)8-17-13/h4-6,10-11H,7-8H2,1-3H3,(H,15,16). The van der Waals surface area contributed by atoms with E-state index in [4.69, 9.17) is 0 Å². The minimum absolute atomic E-state index is 0.522. The Morgan fingerprint density at radius 1 is 1.53 bits per heavy atom. The molecule has 2 heterocycles. The highest BCUT2D eigenvalue weighted by atomic mass is 32.2. The van der Waals surface area contributed by atoms with E-state index in [1.165, 1.54) is 11.1 Å². The highest BCUT2D eigenvalue weighted by Gasteiger charge is 2.20. The zero-order valence-electron chi connectivity index (χ0n) is 10.6. The molecule has 1 aliphatic rings. The van der Waals surface area contributed by atoms with Crippen LogP contribution in [0, 0.1) is 12.8 Å². The van der Waals surface area contributed by atoms with Crippen LogP contribution >= 0.6 is 11.8 Å². The first-order valence-electron chi connectivity index (χ1n) is 6.00. The van der Waals surface area contributed by atoms with Crippen molar-refractivity contribution in [2.24, 2.45) is 10.9 Å². The fraction of sp³-hybridized carbons (Fsp3) is 0.538. The van der Waals surface area contributed by atoms with Crippen molar-refractivity contribution in [1.29, 1.82) is 0 Å². The van der Waals surface area contributed by atoms with Gasteiger partial charge in [-0.3, -0.25) is 9.98 Å². The van der Waals surface area contributed by atoms with E-state index < -0.39 is 0 Å². The van der Waals surface area contributed by atoms with Gasteiger partial charge in [-0.15, -0.1) is 0 Å². The van der Waals surface area contributed by atoms with Crippen molar-refractivity contribution in [2.45, 2.75) is 33.4 Å². The largest absolute Gasteiger partial charge is 0.362 e. The Morgan fingerprint density at radius 3 is 3.06 bits per heavy atom. The van der Waals surface area contributed by atoms with Gasteiger partial charge in [-0.05, 0) is 37.0 Å². The molecule has 1 aromatic heterocycles. The molecular formula is C13H19N3S. The molecule has 2 unspecified atom stereocenters. The van der Waals surface area contributed by atoms with Crippen LogP contribution < -0.4 is 5.32 Å². The second-order valence-corrected chi connectivity index (χ2v) is 5.65. The molecule has 0 bridgehead atoms. The Morgan fingerprint density at radius 2 is 2.35 bits per heavy atom. The van der Waals surface area contributed by atoms with Gasteiger partial charge in [0, 0.05) is 24.2 Å². The van der Waals surface area contributed by atoms with Crippen LogP contribution in [0.1, 0.15) is 25.0 Å². The van der Waals surface area contributed by atoms with E-state index in [0.717, 1.165) is 17.5 Å². The molecule has 1 saturated heterocycles. The number of amidine groups is 1. The first kappa shape index (κ1) is 12.4. The van der Waals surface area contributed by atoms with Crippen molar-refractivity contribution in [3.63, 3.8) is 0 Å². The van der Waals surface area contributed by atoms with Crippen molar-refractivity contribution in [2.75, 3.05) is 5.75 Å². The lowest BCUT2D eigenvalue weighted by molar-refractivity contribution is 0.490. The van der Waals surface area contributed by atoms with Gasteiger partial charge in [-0.2, -0.15) is 0 Å². The van der Waals surface area contributed by atoms with Gasteiger partial charge in [0.05, 0.1) is 6.54 Å². The number of aromatic nitrogens is 1. The second kappa shape index (κ2) is 5.54. The summed E-state index contributed by atoms with van der Waals surface area (Å²) in [5, 5.41) is 4.53. The fourth-order valence-electron chi connectivity index (χ4n) is 1.66. The molecule has 1 N–H and O–H groups in total. The molecule has 0 amide bonds. The summed E-state index contributed by atoms with van der Waals surface area (Å²) in [5.41, 5.74) is 2.46. The third-order valence-electron chi connectivity index (χ3n) is 3.22. The van der Waals surface area contributed by atoms with Crippen molar-refractivity contribution in [3.8, 4) is 0 Å². The quantitative estimate of drug-likeness (QED) is 0.875. The van der Waals surface area contributed by atoms with Crippen LogP contribution in [0.5, 0.6) is 0 Å². The molecule has 4 heteroatoms. The zero-order valence-corrected chi connectivity index (χ0v) is 11.4. The minimum atomic E-state index is 0.522. The maximum absolute atomic E-state index is 4.64. The summed E-state index contributed by atoms with van der Waals surface area (Å²) in [6.07, 6.45) is 3.72. The first-order valence-corrected chi connectivity index (χ1v) is 6.98. The van der Waals surface area contributed by atoms with Gasteiger partial charge in [0.25, 0.3) is 0 Å². The second-order valence-electron chi connectivity index (χ2n) is 4.64. The molecule has 1 aliphatic heterocycles. The van der Waals surface area contributed by atoms with E-state index in [0.29, 0.717) is 12.0 Å². The molecule has 2 rings (SSSR count). The molecule has 0 radical (unpaired) electrons. The summed E-state index contributed by atoms with van der Waals surface area (Å²) in [6, 6.07) is 2.56. The first-order chi connectivity index (χ1) is 8.16. The normalized spacial score (nSPS) is 26.9. The van der Waals surface area contributed by atoms with Crippen molar-refractivity contribution < 1.29 is 0 Å². The number of nitrogens with one attached hydrogen (secondary N) is 1. The van der Waals surface area contributed by atoms with Crippen LogP contribution in [0.2, 0.25) is 0 Å². The van der Waals surface area contributed by atoms with Crippen LogP contribution in [0.3, 0.4) is 0 Å². The van der Waals surface area contributed by atoms with Gasteiger partial charge in [-0.25, -0.2) is 0 Å². The molecule has 2 atom stereocenters. The van der Waals surface area contributed by atoms with Gasteiger partial charge >= 0.3 is 0 Å². The van der Waals surface area contributed by atoms with Gasteiger partial charge in [-0.1, -0.05) is 18.7 Å². The third kappa shape index (κ3) is 3.22. The maximum atomic E-state index is 4.64. The summed E-state index contributed by atoms with van der Waals surface area (Å²) in [5.74, 6) is 1.86. The van der Waals surface area contributed by atoms with E-state index in [1.807, 2.05) is 30.2 Å². The molecule has 1 fully saturated rings. The molecular weight excluding hydrogens is 230 g/mol. The molecule has 3 nitrogen and oxygen atoms in total. The third-order valence-corrected chi connectivity index (χ3v) is 4.43. The lowest BCUT2D eigenvalue weighted by Crippen LogP contribution is -2.41. The van der Waals surface area contributed by atoms with E-state index in [2.05, 4.69) is 36.1 Å². The summed E-state index contributed by atoms with van der Waals surface area (Å²) >= 11 is 1.82.